The van der Waals surface area contributed by atoms with Crippen molar-refractivity contribution in [2.75, 3.05) is 26.2 Å². The van der Waals surface area contributed by atoms with Crippen LogP contribution in [-0.2, 0) is 6.61 Å². The van der Waals surface area contributed by atoms with E-state index in [2.05, 4.69) is 20.8 Å². The molecule has 0 bridgehead atoms. The maximum atomic E-state index is 9.02. The maximum absolute atomic E-state index is 9.02. The predicted octanol–water partition coefficient (Wildman–Crippen LogP) is 2.81. The van der Waals surface area contributed by atoms with Gasteiger partial charge in [0, 0.05) is 6.54 Å². The van der Waals surface area contributed by atoms with Gasteiger partial charge in [0.25, 0.3) is 0 Å². The highest BCUT2D eigenvalue weighted by Crippen LogP contribution is 2.26. The van der Waals surface area contributed by atoms with E-state index in [0.717, 1.165) is 35.4 Å². The summed E-state index contributed by atoms with van der Waals surface area (Å²) in [5.74, 6) is 0.855. The van der Waals surface area contributed by atoms with Gasteiger partial charge in [-0.2, -0.15) is 0 Å². The van der Waals surface area contributed by atoms with Crippen LogP contribution in [0.3, 0.4) is 0 Å². The Balaban J connectivity index is 1.72. The predicted molar refractivity (Wildman–Crippen MR) is 75.9 cm³/mol. The van der Waals surface area contributed by atoms with E-state index in [1.165, 1.54) is 25.9 Å². The van der Waals surface area contributed by atoms with E-state index in [-0.39, 0.29) is 6.61 Å². The lowest BCUT2D eigenvalue weighted by atomic mass is 10.2. The van der Waals surface area contributed by atoms with Crippen molar-refractivity contribution in [3.8, 4) is 5.75 Å². The van der Waals surface area contributed by atoms with Crippen molar-refractivity contribution in [3.05, 3.63) is 28.2 Å². The summed E-state index contributed by atoms with van der Waals surface area (Å²) in [5, 5.41) is 9.02. The first kappa shape index (κ1) is 13.8. The topological polar surface area (TPSA) is 32.7 Å². The van der Waals surface area contributed by atoms with Crippen molar-refractivity contribution in [2.24, 2.45) is 0 Å². The lowest BCUT2D eigenvalue weighted by molar-refractivity contribution is 0.261. The molecule has 3 nitrogen and oxygen atoms in total. The number of hydrogen-bond acceptors (Lipinski definition) is 3. The van der Waals surface area contributed by atoms with Crippen molar-refractivity contribution in [3.63, 3.8) is 0 Å². The monoisotopic (exact) mass is 313 g/mol. The zero-order valence-corrected chi connectivity index (χ0v) is 12.2. The summed E-state index contributed by atoms with van der Waals surface area (Å²) in [4.78, 5) is 2.49. The first-order valence-electron chi connectivity index (χ1n) is 6.54. The Hall–Kier alpha value is -0.580. The van der Waals surface area contributed by atoms with Gasteiger partial charge >= 0.3 is 0 Å². The van der Waals surface area contributed by atoms with Gasteiger partial charge in [-0.25, -0.2) is 0 Å². The highest BCUT2D eigenvalue weighted by atomic mass is 79.9. The van der Waals surface area contributed by atoms with Gasteiger partial charge in [0.2, 0.25) is 0 Å². The van der Waals surface area contributed by atoms with Crippen LogP contribution in [0.25, 0.3) is 0 Å². The smallest absolute Gasteiger partial charge is 0.133 e. The molecular weight excluding hydrogens is 294 g/mol. The van der Waals surface area contributed by atoms with E-state index in [1.807, 2.05) is 18.2 Å². The third kappa shape index (κ3) is 3.97. The van der Waals surface area contributed by atoms with Gasteiger partial charge < -0.3 is 14.7 Å². The minimum Gasteiger partial charge on any atom is -0.492 e. The molecule has 1 saturated heterocycles. The molecule has 18 heavy (non-hydrogen) atoms. The maximum Gasteiger partial charge on any atom is 0.133 e. The molecule has 0 aliphatic carbocycles. The normalized spacial score (nSPS) is 16.1. The van der Waals surface area contributed by atoms with E-state index in [9.17, 15) is 0 Å². The van der Waals surface area contributed by atoms with E-state index >= 15 is 0 Å². The molecule has 4 heteroatoms. The van der Waals surface area contributed by atoms with E-state index in [0.29, 0.717) is 0 Å². The Kier molecular flexibility index (Phi) is 5.47. The number of rotatable bonds is 6. The molecular formula is C14H20BrNO2. The van der Waals surface area contributed by atoms with Crippen molar-refractivity contribution in [1.82, 2.24) is 4.90 Å². The summed E-state index contributed by atoms with van der Waals surface area (Å²) in [7, 11) is 0. The van der Waals surface area contributed by atoms with Gasteiger partial charge in [-0.05, 0) is 66.0 Å². The average molecular weight is 314 g/mol. The summed E-state index contributed by atoms with van der Waals surface area (Å²) >= 11 is 3.46. The largest absolute Gasteiger partial charge is 0.492 e. The molecule has 0 aromatic heterocycles. The molecule has 1 aromatic carbocycles. The van der Waals surface area contributed by atoms with Crippen molar-refractivity contribution in [1.29, 1.82) is 0 Å². The fraction of sp³-hybridized carbons (Fsp3) is 0.571. The minimum atomic E-state index is 0.0633. The molecule has 2 rings (SSSR count). The average Bonchev–Trinajstić information content (AvgIpc) is 2.89. The summed E-state index contributed by atoms with van der Waals surface area (Å²) < 4.78 is 6.65. The van der Waals surface area contributed by atoms with E-state index in [1.54, 1.807) is 0 Å². The third-order valence-corrected chi connectivity index (χ3v) is 3.87. The zero-order chi connectivity index (χ0) is 12.8. The second-order valence-electron chi connectivity index (χ2n) is 4.67. The van der Waals surface area contributed by atoms with Crippen LogP contribution in [-0.4, -0.2) is 36.2 Å². The number of benzene rings is 1. The van der Waals surface area contributed by atoms with Crippen LogP contribution in [0.4, 0.5) is 0 Å². The molecule has 0 spiro atoms. The fourth-order valence-electron chi connectivity index (χ4n) is 2.24. The second-order valence-corrected chi connectivity index (χ2v) is 5.53. The molecule has 0 amide bonds. The lowest BCUT2D eigenvalue weighted by Crippen LogP contribution is -2.21. The molecule has 0 radical (unpaired) electrons. The Morgan fingerprint density at radius 2 is 2.06 bits per heavy atom. The third-order valence-electron chi connectivity index (χ3n) is 3.25. The summed E-state index contributed by atoms with van der Waals surface area (Å²) in [6.07, 6.45) is 3.75. The zero-order valence-electron chi connectivity index (χ0n) is 10.6. The summed E-state index contributed by atoms with van der Waals surface area (Å²) in [5.41, 5.74) is 0.895. The van der Waals surface area contributed by atoms with E-state index in [4.69, 9.17) is 9.84 Å². The highest BCUT2D eigenvalue weighted by molar-refractivity contribution is 9.10. The number of hydrogen-bond donors (Lipinski definition) is 1. The molecule has 100 valence electrons. The fourth-order valence-corrected chi connectivity index (χ4v) is 2.78. The quantitative estimate of drug-likeness (QED) is 0.820. The molecule has 1 heterocycles. The first-order chi connectivity index (χ1) is 8.79. The van der Waals surface area contributed by atoms with Gasteiger partial charge in [0.05, 0.1) is 17.7 Å². The Morgan fingerprint density at radius 3 is 2.72 bits per heavy atom. The number of ether oxygens (including phenoxy) is 1. The van der Waals surface area contributed by atoms with Crippen LogP contribution >= 0.6 is 15.9 Å². The second kappa shape index (κ2) is 7.12. The van der Waals surface area contributed by atoms with Crippen molar-refractivity contribution in [2.45, 2.75) is 25.9 Å². The van der Waals surface area contributed by atoms with Crippen LogP contribution in [0.15, 0.2) is 22.7 Å². The van der Waals surface area contributed by atoms with Gasteiger partial charge in [-0.3, -0.25) is 0 Å². The molecule has 1 aliphatic rings. The van der Waals surface area contributed by atoms with Crippen molar-refractivity contribution >= 4 is 15.9 Å². The Labute approximate surface area is 117 Å². The SMILES string of the molecule is OCc1ccc(OCCCN2CCCC2)c(Br)c1. The molecule has 1 fully saturated rings. The van der Waals surface area contributed by atoms with Gasteiger partial charge in [0.1, 0.15) is 5.75 Å². The van der Waals surface area contributed by atoms with Crippen LogP contribution in [0.5, 0.6) is 5.75 Å². The molecule has 0 atom stereocenters. The van der Waals surface area contributed by atoms with Crippen molar-refractivity contribution < 1.29 is 9.84 Å². The van der Waals surface area contributed by atoms with Crippen LogP contribution in [0, 0.1) is 0 Å². The molecule has 1 N–H and O–H groups in total. The standard InChI is InChI=1S/C14H20BrNO2/c15-13-10-12(11-17)4-5-14(13)18-9-3-8-16-6-1-2-7-16/h4-5,10,17H,1-3,6-9,11H2. The number of aliphatic hydroxyl groups is 1. The number of likely N-dealkylation sites (tertiary alicyclic amines) is 1. The highest BCUT2D eigenvalue weighted by Gasteiger charge is 2.10. The minimum absolute atomic E-state index is 0.0633. The lowest BCUT2D eigenvalue weighted by Gasteiger charge is -2.15. The Morgan fingerprint density at radius 1 is 1.28 bits per heavy atom. The molecule has 0 unspecified atom stereocenters. The Bertz CT molecular complexity index is 378. The van der Waals surface area contributed by atoms with Gasteiger partial charge in [0.15, 0.2) is 0 Å². The molecule has 1 aliphatic heterocycles. The van der Waals surface area contributed by atoms with Crippen LogP contribution in [0.1, 0.15) is 24.8 Å². The summed E-state index contributed by atoms with van der Waals surface area (Å²) in [6.45, 7) is 4.43. The summed E-state index contributed by atoms with van der Waals surface area (Å²) in [6, 6.07) is 5.70. The first-order valence-corrected chi connectivity index (χ1v) is 7.33. The molecule has 0 saturated carbocycles. The van der Waals surface area contributed by atoms with E-state index < -0.39 is 0 Å². The van der Waals surface area contributed by atoms with Gasteiger partial charge in [-0.15, -0.1) is 0 Å². The van der Waals surface area contributed by atoms with Crippen LogP contribution < -0.4 is 4.74 Å². The number of halogens is 1. The van der Waals surface area contributed by atoms with Crippen LogP contribution in [0.2, 0.25) is 0 Å². The number of nitrogens with zero attached hydrogens (tertiary/aromatic N) is 1. The van der Waals surface area contributed by atoms with Gasteiger partial charge in [-0.1, -0.05) is 6.07 Å². The number of aliphatic hydroxyl groups excluding tert-OH is 1. The molecule has 1 aromatic rings.